The van der Waals surface area contributed by atoms with Gasteiger partial charge in [-0.05, 0) is 25.0 Å². The van der Waals surface area contributed by atoms with Gasteiger partial charge in [-0.15, -0.1) is 11.3 Å². The number of aromatic carboxylic acids is 2. The van der Waals surface area contributed by atoms with Gasteiger partial charge < -0.3 is 15.2 Å². The molecule has 0 atom stereocenters. The van der Waals surface area contributed by atoms with E-state index in [0.29, 0.717) is 21.3 Å². The molecule has 24 heavy (non-hydrogen) atoms. The number of thiophene rings is 1. The zero-order valence-corrected chi connectivity index (χ0v) is 13.7. The number of aromatic amines is 1. The molecule has 0 aliphatic heterocycles. The molecule has 0 spiro atoms. The maximum absolute atomic E-state index is 13.0. The quantitative estimate of drug-likeness (QED) is 0.629. The van der Waals surface area contributed by atoms with Crippen LogP contribution in [0.4, 0.5) is 0 Å². The minimum atomic E-state index is -1.26. The van der Waals surface area contributed by atoms with Crippen molar-refractivity contribution in [2.24, 2.45) is 0 Å². The standard InChI is InChI=1S/C17H13NO5S/c1-7-5-3-4-6-9(7)13(19)11-10-8(2)14(17(22)23)24-15(10)18-12(11)16(20)21/h3-6,18H,1-2H3,(H,20,21)(H,22,23). The molecule has 0 amide bonds. The minimum absolute atomic E-state index is 0.00745. The van der Waals surface area contributed by atoms with Gasteiger partial charge in [0.05, 0.1) is 5.56 Å². The zero-order chi connectivity index (χ0) is 17.6. The summed E-state index contributed by atoms with van der Waals surface area (Å²) in [4.78, 5) is 39.0. The lowest BCUT2D eigenvalue weighted by Gasteiger charge is -2.05. The van der Waals surface area contributed by atoms with Crippen molar-refractivity contribution in [3.05, 3.63) is 57.1 Å². The van der Waals surface area contributed by atoms with Gasteiger partial charge >= 0.3 is 11.9 Å². The van der Waals surface area contributed by atoms with Crippen LogP contribution < -0.4 is 0 Å². The number of nitrogens with one attached hydrogen (secondary N) is 1. The molecular weight excluding hydrogens is 330 g/mol. The summed E-state index contributed by atoms with van der Waals surface area (Å²) in [5, 5.41) is 19.0. The molecule has 0 aliphatic rings. The molecule has 122 valence electrons. The lowest BCUT2D eigenvalue weighted by atomic mass is 9.96. The van der Waals surface area contributed by atoms with Crippen molar-refractivity contribution >= 4 is 39.3 Å². The van der Waals surface area contributed by atoms with Crippen molar-refractivity contribution < 1.29 is 24.6 Å². The van der Waals surface area contributed by atoms with Crippen LogP contribution in [0.5, 0.6) is 0 Å². The highest BCUT2D eigenvalue weighted by atomic mass is 32.1. The SMILES string of the molecule is Cc1ccccc1C(=O)c1c(C(=O)O)[nH]c2sc(C(=O)O)c(C)c12. The summed E-state index contributed by atoms with van der Waals surface area (Å²) in [5.74, 6) is -2.80. The maximum Gasteiger partial charge on any atom is 0.353 e. The van der Waals surface area contributed by atoms with E-state index in [-0.39, 0.29) is 16.1 Å². The van der Waals surface area contributed by atoms with E-state index in [1.54, 1.807) is 38.1 Å². The normalized spacial score (nSPS) is 10.9. The molecule has 2 heterocycles. The lowest BCUT2D eigenvalue weighted by molar-refractivity contribution is 0.0683. The van der Waals surface area contributed by atoms with Crippen LogP contribution in [0.15, 0.2) is 24.3 Å². The van der Waals surface area contributed by atoms with Gasteiger partial charge in [-0.25, -0.2) is 9.59 Å². The van der Waals surface area contributed by atoms with E-state index in [9.17, 15) is 24.6 Å². The molecule has 0 saturated carbocycles. The van der Waals surface area contributed by atoms with Gasteiger partial charge in [0, 0.05) is 10.9 Å². The van der Waals surface area contributed by atoms with Crippen LogP contribution in [-0.2, 0) is 0 Å². The third kappa shape index (κ3) is 2.30. The first kappa shape index (κ1) is 15.9. The van der Waals surface area contributed by atoms with Gasteiger partial charge in [0.15, 0.2) is 5.78 Å². The number of carboxylic acid groups (broad SMARTS) is 2. The average molecular weight is 343 g/mol. The Balaban J connectivity index is 2.34. The number of aromatic nitrogens is 1. The Morgan fingerprint density at radius 3 is 2.29 bits per heavy atom. The summed E-state index contributed by atoms with van der Waals surface area (Å²) in [7, 11) is 0. The third-order valence-corrected chi connectivity index (χ3v) is 5.11. The van der Waals surface area contributed by atoms with Gasteiger partial charge in [0.1, 0.15) is 15.4 Å². The number of rotatable bonds is 4. The first-order chi connectivity index (χ1) is 11.3. The number of H-pyrrole nitrogens is 1. The predicted molar refractivity (Wildman–Crippen MR) is 89.4 cm³/mol. The number of ketones is 1. The fraction of sp³-hybridized carbons (Fsp3) is 0.118. The lowest BCUT2D eigenvalue weighted by Crippen LogP contribution is -2.10. The van der Waals surface area contributed by atoms with Crippen LogP contribution in [0, 0.1) is 13.8 Å². The molecule has 0 unspecified atom stereocenters. The Labute approximate surface area is 140 Å². The molecule has 3 aromatic rings. The summed E-state index contributed by atoms with van der Waals surface area (Å²) in [5.41, 5.74) is 1.30. The van der Waals surface area contributed by atoms with Gasteiger partial charge in [-0.3, -0.25) is 4.79 Å². The smallest absolute Gasteiger partial charge is 0.353 e. The summed E-state index contributed by atoms with van der Waals surface area (Å²) in [6.45, 7) is 3.34. The summed E-state index contributed by atoms with van der Waals surface area (Å²) in [6, 6.07) is 6.88. The summed E-state index contributed by atoms with van der Waals surface area (Å²) >= 11 is 0.931. The second kappa shape index (κ2) is 5.61. The van der Waals surface area contributed by atoms with Gasteiger partial charge in [0.2, 0.25) is 0 Å². The topological polar surface area (TPSA) is 107 Å². The molecule has 7 heteroatoms. The van der Waals surface area contributed by atoms with E-state index < -0.39 is 17.7 Å². The molecule has 6 nitrogen and oxygen atoms in total. The average Bonchev–Trinajstić information content (AvgIpc) is 3.04. The van der Waals surface area contributed by atoms with E-state index in [2.05, 4.69) is 4.98 Å². The highest BCUT2D eigenvalue weighted by molar-refractivity contribution is 7.20. The number of fused-ring (bicyclic) bond motifs is 1. The van der Waals surface area contributed by atoms with Crippen LogP contribution in [0.1, 0.15) is 47.2 Å². The molecule has 0 saturated heterocycles. The van der Waals surface area contributed by atoms with E-state index in [0.717, 1.165) is 16.9 Å². The molecule has 0 fully saturated rings. The maximum atomic E-state index is 13.0. The summed E-state index contributed by atoms with van der Waals surface area (Å²) < 4.78 is 0. The first-order valence-corrected chi connectivity index (χ1v) is 7.86. The van der Waals surface area contributed by atoms with Crippen molar-refractivity contribution in [3.63, 3.8) is 0 Å². The molecule has 3 rings (SSSR count). The van der Waals surface area contributed by atoms with Crippen molar-refractivity contribution in [2.45, 2.75) is 13.8 Å². The Morgan fingerprint density at radius 2 is 1.71 bits per heavy atom. The predicted octanol–water partition coefficient (Wildman–Crippen LogP) is 3.47. The number of hydrogen-bond donors (Lipinski definition) is 3. The number of carbonyl (C=O) groups is 3. The van der Waals surface area contributed by atoms with Crippen molar-refractivity contribution in [2.75, 3.05) is 0 Å². The van der Waals surface area contributed by atoms with Crippen molar-refractivity contribution in [1.82, 2.24) is 4.98 Å². The molecule has 0 bridgehead atoms. The molecule has 3 N–H and O–H groups in total. The second-order valence-corrected chi connectivity index (χ2v) is 6.41. The number of hydrogen-bond acceptors (Lipinski definition) is 4. The minimum Gasteiger partial charge on any atom is -0.477 e. The van der Waals surface area contributed by atoms with Crippen molar-refractivity contribution in [3.8, 4) is 0 Å². The van der Waals surface area contributed by atoms with Gasteiger partial charge in [-0.1, -0.05) is 24.3 Å². The second-order valence-electron chi connectivity index (χ2n) is 5.39. The Bertz CT molecular complexity index is 1010. The van der Waals surface area contributed by atoms with E-state index in [1.807, 2.05) is 0 Å². The number of carbonyl (C=O) groups excluding carboxylic acids is 1. The molecule has 1 aromatic carbocycles. The number of benzene rings is 1. The van der Waals surface area contributed by atoms with E-state index in [1.165, 1.54) is 0 Å². The number of carboxylic acids is 2. The van der Waals surface area contributed by atoms with Gasteiger partial charge in [0.25, 0.3) is 0 Å². The Morgan fingerprint density at radius 1 is 1.04 bits per heavy atom. The largest absolute Gasteiger partial charge is 0.477 e. The van der Waals surface area contributed by atoms with Crippen LogP contribution >= 0.6 is 11.3 Å². The van der Waals surface area contributed by atoms with Crippen LogP contribution in [0.2, 0.25) is 0 Å². The Kier molecular flexibility index (Phi) is 3.73. The zero-order valence-electron chi connectivity index (χ0n) is 12.8. The molecule has 0 radical (unpaired) electrons. The van der Waals surface area contributed by atoms with Crippen molar-refractivity contribution in [1.29, 1.82) is 0 Å². The fourth-order valence-electron chi connectivity index (χ4n) is 2.76. The van der Waals surface area contributed by atoms with E-state index in [4.69, 9.17) is 0 Å². The van der Waals surface area contributed by atoms with Crippen LogP contribution in [0.3, 0.4) is 0 Å². The number of aryl methyl sites for hydroxylation is 2. The first-order valence-electron chi connectivity index (χ1n) is 7.05. The molecular formula is C17H13NO5S. The summed E-state index contributed by atoms with van der Waals surface area (Å²) in [6.07, 6.45) is 0. The Hall–Kier alpha value is -2.93. The molecule has 2 aromatic heterocycles. The third-order valence-electron chi connectivity index (χ3n) is 3.91. The van der Waals surface area contributed by atoms with Crippen LogP contribution in [-0.4, -0.2) is 32.9 Å². The highest BCUT2D eigenvalue weighted by Gasteiger charge is 2.29. The van der Waals surface area contributed by atoms with E-state index >= 15 is 0 Å². The molecule has 0 aliphatic carbocycles. The van der Waals surface area contributed by atoms with Gasteiger partial charge in [-0.2, -0.15) is 0 Å². The van der Waals surface area contributed by atoms with Crippen LogP contribution in [0.25, 0.3) is 10.2 Å². The monoisotopic (exact) mass is 343 g/mol. The highest BCUT2D eigenvalue weighted by Crippen LogP contribution is 2.36. The fourth-order valence-corrected chi connectivity index (χ4v) is 3.81.